The smallest absolute Gasteiger partial charge is 0.230 e. The van der Waals surface area contributed by atoms with Gasteiger partial charge in [-0.05, 0) is 50.1 Å². The Bertz CT molecular complexity index is 1020. The van der Waals surface area contributed by atoms with Gasteiger partial charge >= 0.3 is 0 Å². The number of amides is 1. The Morgan fingerprint density at radius 2 is 1.91 bits per heavy atom. The summed E-state index contributed by atoms with van der Waals surface area (Å²) in [5.74, 6) is 2.39. The van der Waals surface area contributed by atoms with Gasteiger partial charge in [-0.15, -0.1) is 10.2 Å². The van der Waals surface area contributed by atoms with Gasteiger partial charge in [0.2, 0.25) is 5.91 Å². The molecule has 0 unspecified atom stereocenters. The van der Waals surface area contributed by atoms with Gasteiger partial charge in [-0.2, -0.15) is 0 Å². The minimum absolute atomic E-state index is 0.0637. The average Bonchev–Trinajstić information content (AvgIpc) is 3.28. The molecular weight excluding hydrogens is 428 g/mol. The number of aromatic nitrogens is 3. The van der Waals surface area contributed by atoms with E-state index in [1.54, 1.807) is 13.4 Å². The van der Waals surface area contributed by atoms with Gasteiger partial charge in [-0.25, -0.2) is 0 Å². The zero-order chi connectivity index (χ0) is 22.8. The standard InChI is InChI=1S/C23H28N4O4S/c1-4-30-20-10-9-17(13-21(20)31-5-2)11-12-24-22(28)15-32-23-26-25-16-27(23)18-7-6-8-19(14-18)29-3/h6-10,13-14,16H,4-5,11-12,15H2,1-3H3,(H,24,28). The molecule has 0 fully saturated rings. The molecule has 0 saturated heterocycles. The summed E-state index contributed by atoms with van der Waals surface area (Å²) in [5.41, 5.74) is 1.94. The number of nitrogens with zero attached hydrogens (tertiary/aromatic N) is 3. The molecule has 0 spiro atoms. The molecule has 1 N–H and O–H groups in total. The first-order valence-electron chi connectivity index (χ1n) is 10.5. The molecule has 0 saturated carbocycles. The van der Waals surface area contributed by atoms with Crippen LogP contribution in [0.25, 0.3) is 5.69 Å². The number of benzene rings is 2. The van der Waals surface area contributed by atoms with Gasteiger partial charge < -0.3 is 19.5 Å². The second-order valence-corrected chi connectivity index (χ2v) is 7.66. The first-order valence-corrected chi connectivity index (χ1v) is 11.5. The highest BCUT2D eigenvalue weighted by Crippen LogP contribution is 2.28. The van der Waals surface area contributed by atoms with Gasteiger partial charge in [0, 0.05) is 12.6 Å². The van der Waals surface area contributed by atoms with Crippen molar-refractivity contribution in [3.8, 4) is 22.9 Å². The molecule has 1 amide bonds. The van der Waals surface area contributed by atoms with Crippen molar-refractivity contribution < 1.29 is 19.0 Å². The number of methoxy groups -OCH3 is 1. The van der Waals surface area contributed by atoms with E-state index in [0.717, 1.165) is 28.5 Å². The summed E-state index contributed by atoms with van der Waals surface area (Å²) >= 11 is 1.33. The predicted molar refractivity (Wildman–Crippen MR) is 124 cm³/mol. The number of hydrogen-bond donors (Lipinski definition) is 1. The Hall–Kier alpha value is -3.20. The maximum atomic E-state index is 12.3. The predicted octanol–water partition coefficient (Wildman–Crippen LogP) is 3.52. The molecule has 170 valence electrons. The SMILES string of the molecule is CCOc1ccc(CCNC(=O)CSc2nncn2-c2cccc(OC)c2)cc1OCC. The number of rotatable bonds is 12. The van der Waals surface area contributed by atoms with Crippen molar-refractivity contribution in [3.63, 3.8) is 0 Å². The van der Waals surface area contributed by atoms with Crippen molar-refractivity contribution in [2.75, 3.05) is 32.6 Å². The van der Waals surface area contributed by atoms with E-state index in [0.29, 0.717) is 31.3 Å². The highest BCUT2D eigenvalue weighted by atomic mass is 32.2. The second kappa shape index (κ2) is 12.0. The number of nitrogens with one attached hydrogen (secondary N) is 1. The third-order valence-corrected chi connectivity index (χ3v) is 5.47. The van der Waals surface area contributed by atoms with Gasteiger partial charge in [-0.3, -0.25) is 9.36 Å². The van der Waals surface area contributed by atoms with Crippen molar-refractivity contribution >= 4 is 17.7 Å². The van der Waals surface area contributed by atoms with Crippen LogP contribution in [0.5, 0.6) is 17.2 Å². The van der Waals surface area contributed by atoms with Gasteiger partial charge in [-0.1, -0.05) is 23.9 Å². The van der Waals surface area contributed by atoms with Gasteiger partial charge in [0.1, 0.15) is 12.1 Å². The molecule has 2 aromatic carbocycles. The minimum Gasteiger partial charge on any atom is -0.497 e. The van der Waals surface area contributed by atoms with Crippen molar-refractivity contribution in [2.45, 2.75) is 25.4 Å². The quantitative estimate of drug-likeness (QED) is 0.417. The third kappa shape index (κ3) is 6.40. The summed E-state index contributed by atoms with van der Waals surface area (Å²) in [7, 11) is 1.62. The summed E-state index contributed by atoms with van der Waals surface area (Å²) < 4.78 is 18.4. The number of hydrogen-bond acceptors (Lipinski definition) is 7. The highest BCUT2D eigenvalue weighted by Gasteiger charge is 2.11. The number of thioether (sulfide) groups is 1. The van der Waals surface area contributed by atoms with Gasteiger partial charge in [0.15, 0.2) is 16.7 Å². The van der Waals surface area contributed by atoms with Crippen molar-refractivity contribution in [3.05, 3.63) is 54.4 Å². The average molecular weight is 457 g/mol. The van der Waals surface area contributed by atoms with Crippen LogP contribution in [0.1, 0.15) is 19.4 Å². The maximum absolute atomic E-state index is 12.3. The van der Waals surface area contributed by atoms with E-state index >= 15 is 0 Å². The summed E-state index contributed by atoms with van der Waals surface area (Å²) in [6.45, 7) is 5.56. The largest absolute Gasteiger partial charge is 0.497 e. The van der Waals surface area contributed by atoms with E-state index in [1.165, 1.54) is 11.8 Å². The number of carbonyl (C=O) groups is 1. The van der Waals surface area contributed by atoms with Crippen LogP contribution in [0, 0.1) is 0 Å². The van der Waals surface area contributed by atoms with E-state index in [9.17, 15) is 4.79 Å². The monoisotopic (exact) mass is 456 g/mol. The summed E-state index contributed by atoms with van der Waals surface area (Å²) in [4.78, 5) is 12.3. The molecule has 9 heteroatoms. The lowest BCUT2D eigenvalue weighted by atomic mass is 10.1. The molecule has 32 heavy (non-hydrogen) atoms. The normalized spacial score (nSPS) is 10.6. The molecule has 1 heterocycles. The maximum Gasteiger partial charge on any atom is 0.230 e. The topological polar surface area (TPSA) is 87.5 Å². The number of carbonyl (C=O) groups excluding carboxylic acids is 1. The lowest BCUT2D eigenvalue weighted by Crippen LogP contribution is -2.27. The Morgan fingerprint density at radius 1 is 1.09 bits per heavy atom. The molecule has 0 aliphatic heterocycles. The van der Waals surface area contributed by atoms with Gasteiger partial charge in [0.25, 0.3) is 0 Å². The van der Waals surface area contributed by atoms with Crippen LogP contribution in [0.2, 0.25) is 0 Å². The molecule has 0 bridgehead atoms. The molecule has 3 aromatic rings. The van der Waals surface area contributed by atoms with Crippen LogP contribution in [-0.4, -0.2) is 53.3 Å². The minimum atomic E-state index is -0.0637. The van der Waals surface area contributed by atoms with Crippen LogP contribution in [0.3, 0.4) is 0 Å². The first kappa shape index (κ1) is 23.5. The highest BCUT2D eigenvalue weighted by molar-refractivity contribution is 7.99. The summed E-state index contributed by atoms with van der Waals surface area (Å²) in [6.07, 6.45) is 2.32. The summed E-state index contributed by atoms with van der Waals surface area (Å²) in [6, 6.07) is 13.5. The molecule has 0 aliphatic rings. The van der Waals surface area contributed by atoms with Crippen LogP contribution in [0.15, 0.2) is 53.9 Å². The molecule has 0 radical (unpaired) electrons. The van der Waals surface area contributed by atoms with Crippen molar-refractivity contribution in [1.29, 1.82) is 0 Å². The molecule has 1 aromatic heterocycles. The number of ether oxygens (including phenoxy) is 3. The molecule has 3 rings (SSSR count). The van der Waals surface area contributed by atoms with E-state index < -0.39 is 0 Å². The van der Waals surface area contributed by atoms with E-state index in [1.807, 2.05) is 60.9 Å². The van der Waals surface area contributed by atoms with Crippen LogP contribution >= 0.6 is 11.8 Å². The van der Waals surface area contributed by atoms with Crippen molar-refractivity contribution in [2.24, 2.45) is 0 Å². The first-order chi connectivity index (χ1) is 15.6. The molecule has 0 aliphatic carbocycles. The zero-order valence-corrected chi connectivity index (χ0v) is 19.4. The van der Waals surface area contributed by atoms with Crippen LogP contribution in [0.4, 0.5) is 0 Å². The Balaban J connectivity index is 1.50. The summed E-state index contributed by atoms with van der Waals surface area (Å²) in [5, 5.41) is 11.7. The third-order valence-electron chi connectivity index (χ3n) is 4.52. The lowest BCUT2D eigenvalue weighted by molar-refractivity contribution is -0.118. The van der Waals surface area contributed by atoms with Gasteiger partial charge in [0.05, 0.1) is 31.8 Å². The van der Waals surface area contributed by atoms with E-state index in [-0.39, 0.29) is 11.7 Å². The Morgan fingerprint density at radius 3 is 2.69 bits per heavy atom. The molecule has 8 nitrogen and oxygen atoms in total. The zero-order valence-electron chi connectivity index (χ0n) is 18.5. The van der Waals surface area contributed by atoms with Crippen LogP contribution in [-0.2, 0) is 11.2 Å². The fourth-order valence-corrected chi connectivity index (χ4v) is 3.80. The Kier molecular flexibility index (Phi) is 8.79. The second-order valence-electron chi connectivity index (χ2n) is 6.72. The fourth-order valence-electron chi connectivity index (χ4n) is 3.04. The lowest BCUT2D eigenvalue weighted by Gasteiger charge is -2.12. The van der Waals surface area contributed by atoms with E-state index in [2.05, 4.69) is 15.5 Å². The van der Waals surface area contributed by atoms with E-state index in [4.69, 9.17) is 14.2 Å². The van der Waals surface area contributed by atoms with Crippen LogP contribution < -0.4 is 19.5 Å². The Labute approximate surface area is 192 Å². The molecule has 0 atom stereocenters. The molecular formula is C23H28N4O4S. The fraction of sp³-hybridized carbons (Fsp3) is 0.348. The van der Waals surface area contributed by atoms with Crippen molar-refractivity contribution in [1.82, 2.24) is 20.1 Å².